The molecule has 0 aliphatic rings. The van der Waals surface area contributed by atoms with Crippen LogP contribution in [-0.4, -0.2) is 16.8 Å². The predicted octanol–water partition coefficient (Wildman–Crippen LogP) is 4.28. The van der Waals surface area contributed by atoms with Gasteiger partial charge in [0, 0.05) is 6.54 Å². The summed E-state index contributed by atoms with van der Waals surface area (Å²) in [5.41, 5.74) is 2.12. The van der Waals surface area contributed by atoms with Crippen LogP contribution in [0.1, 0.15) is 24.2 Å². The van der Waals surface area contributed by atoms with E-state index >= 15 is 0 Å². The Morgan fingerprint density at radius 1 is 1.37 bits per heavy atom. The predicted molar refractivity (Wildman–Crippen MR) is 83.0 cm³/mol. The topological polar surface area (TPSA) is 29.9 Å². The lowest BCUT2D eigenvalue weighted by atomic mass is 10.0. The largest absolute Gasteiger partial charge is 0.308 e. The lowest BCUT2D eigenvalue weighted by Crippen LogP contribution is -2.21. The highest BCUT2D eigenvalue weighted by Crippen LogP contribution is 2.31. The molecule has 0 aliphatic carbocycles. The van der Waals surface area contributed by atoms with Crippen LogP contribution >= 0.6 is 39.1 Å². The number of nitrogens with zero attached hydrogens (tertiary/aromatic N) is 2. The van der Waals surface area contributed by atoms with E-state index in [2.05, 4.69) is 33.3 Å². The molecule has 1 heterocycles. The zero-order chi connectivity index (χ0) is 14.0. The van der Waals surface area contributed by atoms with Gasteiger partial charge in [-0.25, -0.2) is 0 Å². The number of hydrogen-bond acceptors (Lipinski definition) is 2. The average molecular weight is 363 g/mol. The Labute approximate surface area is 131 Å². The average Bonchev–Trinajstić information content (AvgIpc) is 2.76. The van der Waals surface area contributed by atoms with Crippen molar-refractivity contribution < 1.29 is 0 Å². The van der Waals surface area contributed by atoms with Crippen molar-refractivity contribution in [2.75, 3.05) is 7.05 Å². The van der Waals surface area contributed by atoms with Gasteiger partial charge in [-0.15, -0.1) is 0 Å². The Kier molecular flexibility index (Phi) is 4.90. The first-order chi connectivity index (χ1) is 9.08. The molecule has 2 aromatic rings. The van der Waals surface area contributed by atoms with E-state index < -0.39 is 0 Å². The number of aryl methyl sites for hydroxylation is 1. The van der Waals surface area contributed by atoms with Crippen LogP contribution in [0.5, 0.6) is 0 Å². The lowest BCUT2D eigenvalue weighted by Gasteiger charge is -2.19. The molecule has 0 bridgehead atoms. The fourth-order valence-corrected chi connectivity index (χ4v) is 2.90. The lowest BCUT2D eigenvalue weighted by molar-refractivity contribution is 0.562. The monoisotopic (exact) mass is 361 g/mol. The van der Waals surface area contributed by atoms with Crippen LogP contribution in [0.15, 0.2) is 28.9 Å². The highest BCUT2D eigenvalue weighted by molar-refractivity contribution is 9.10. The van der Waals surface area contributed by atoms with Crippen molar-refractivity contribution >= 4 is 39.1 Å². The minimum absolute atomic E-state index is 0.00610. The first-order valence-electron chi connectivity index (χ1n) is 5.91. The number of aromatic nitrogens is 2. The Balaban J connectivity index is 2.49. The molecule has 0 aliphatic heterocycles. The second-order valence-corrected chi connectivity index (χ2v) is 5.76. The van der Waals surface area contributed by atoms with E-state index in [0.29, 0.717) is 10.0 Å². The highest BCUT2D eigenvalue weighted by Gasteiger charge is 2.20. The van der Waals surface area contributed by atoms with Crippen LogP contribution < -0.4 is 5.32 Å². The van der Waals surface area contributed by atoms with Crippen molar-refractivity contribution in [1.82, 2.24) is 15.1 Å². The molecule has 1 atom stereocenters. The molecule has 19 heavy (non-hydrogen) atoms. The highest BCUT2D eigenvalue weighted by atomic mass is 79.9. The second-order valence-electron chi connectivity index (χ2n) is 4.09. The summed E-state index contributed by atoms with van der Waals surface area (Å²) in [5.74, 6) is 0. The third-order valence-electron chi connectivity index (χ3n) is 2.97. The van der Waals surface area contributed by atoms with Crippen molar-refractivity contribution in [3.8, 4) is 0 Å². The molecule has 0 spiro atoms. The smallest absolute Gasteiger partial charge is 0.0757 e. The van der Waals surface area contributed by atoms with Crippen LogP contribution in [0.3, 0.4) is 0 Å². The van der Waals surface area contributed by atoms with E-state index in [-0.39, 0.29) is 6.04 Å². The maximum absolute atomic E-state index is 6.10. The Morgan fingerprint density at radius 2 is 2.11 bits per heavy atom. The van der Waals surface area contributed by atoms with Gasteiger partial charge in [0.15, 0.2) is 0 Å². The molecular formula is C13H14BrCl2N3. The van der Waals surface area contributed by atoms with Gasteiger partial charge in [0.2, 0.25) is 0 Å². The number of rotatable bonds is 4. The number of halogens is 3. The molecular weight excluding hydrogens is 349 g/mol. The summed E-state index contributed by atoms with van der Waals surface area (Å²) >= 11 is 15.6. The summed E-state index contributed by atoms with van der Waals surface area (Å²) < 4.78 is 2.92. The zero-order valence-corrected chi connectivity index (χ0v) is 13.7. The maximum Gasteiger partial charge on any atom is 0.0757 e. The van der Waals surface area contributed by atoms with E-state index in [0.717, 1.165) is 22.3 Å². The molecule has 0 amide bonds. The molecule has 0 fully saturated rings. The van der Waals surface area contributed by atoms with Crippen LogP contribution in [0.25, 0.3) is 0 Å². The van der Waals surface area contributed by atoms with Crippen molar-refractivity contribution in [2.45, 2.75) is 19.5 Å². The van der Waals surface area contributed by atoms with Gasteiger partial charge < -0.3 is 5.32 Å². The molecule has 1 aromatic carbocycles. The molecule has 0 radical (unpaired) electrons. The third-order valence-corrected chi connectivity index (χ3v) is 4.32. The van der Waals surface area contributed by atoms with Gasteiger partial charge in [-0.3, -0.25) is 4.68 Å². The zero-order valence-electron chi connectivity index (χ0n) is 10.6. The van der Waals surface area contributed by atoms with Crippen molar-refractivity contribution in [3.63, 3.8) is 0 Å². The van der Waals surface area contributed by atoms with Crippen molar-refractivity contribution in [2.24, 2.45) is 0 Å². The third kappa shape index (κ3) is 2.97. The van der Waals surface area contributed by atoms with E-state index in [9.17, 15) is 0 Å². The summed E-state index contributed by atoms with van der Waals surface area (Å²) in [6.45, 7) is 2.87. The van der Waals surface area contributed by atoms with E-state index in [1.165, 1.54) is 0 Å². The van der Waals surface area contributed by atoms with Crippen molar-refractivity contribution in [1.29, 1.82) is 0 Å². The first kappa shape index (κ1) is 14.9. The molecule has 1 unspecified atom stereocenters. The molecule has 2 rings (SSSR count). The Morgan fingerprint density at radius 3 is 2.68 bits per heavy atom. The van der Waals surface area contributed by atoms with Gasteiger partial charge in [0.1, 0.15) is 0 Å². The summed E-state index contributed by atoms with van der Waals surface area (Å²) in [6.07, 6.45) is 1.81. The van der Waals surface area contributed by atoms with Gasteiger partial charge in [0.25, 0.3) is 0 Å². The van der Waals surface area contributed by atoms with Gasteiger partial charge in [0.05, 0.1) is 32.5 Å². The van der Waals surface area contributed by atoms with E-state index in [1.807, 2.05) is 29.9 Å². The summed E-state index contributed by atoms with van der Waals surface area (Å²) in [7, 11) is 1.91. The van der Waals surface area contributed by atoms with Crippen molar-refractivity contribution in [3.05, 3.63) is 50.2 Å². The van der Waals surface area contributed by atoms with Crippen LogP contribution in [0, 0.1) is 0 Å². The number of nitrogens with one attached hydrogen (secondary N) is 1. The fourth-order valence-electron chi connectivity index (χ4n) is 2.06. The molecule has 6 heteroatoms. The summed E-state index contributed by atoms with van der Waals surface area (Å²) in [6, 6.07) is 5.66. The molecule has 0 saturated carbocycles. The SMILES string of the molecule is CCn1ncc(Br)c1C(NC)c1ccc(Cl)c(Cl)c1. The van der Waals surface area contributed by atoms with Gasteiger partial charge in [-0.05, 0) is 47.6 Å². The summed E-state index contributed by atoms with van der Waals surface area (Å²) in [4.78, 5) is 0. The molecule has 0 saturated heterocycles. The molecule has 102 valence electrons. The Hall–Kier alpha value is -0.550. The fraction of sp³-hybridized carbons (Fsp3) is 0.308. The Bertz CT molecular complexity index is 583. The van der Waals surface area contributed by atoms with Gasteiger partial charge in [-0.2, -0.15) is 5.10 Å². The summed E-state index contributed by atoms with van der Waals surface area (Å²) in [5, 5.41) is 8.74. The molecule has 1 N–H and O–H groups in total. The maximum atomic E-state index is 6.10. The van der Waals surface area contributed by atoms with E-state index in [1.54, 1.807) is 6.20 Å². The van der Waals surface area contributed by atoms with Gasteiger partial charge in [-0.1, -0.05) is 29.3 Å². The first-order valence-corrected chi connectivity index (χ1v) is 7.46. The van der Waals surface area contributed by atoms with Gasteiger partial charge >= 0.3 is 0 Å². The minimum atomic E-state index is 0.00610. The molecule has 3 nitrogen and oxygen atoms in total. The quantitative estimate of drug-likeness (QED) is 0.879. The normalized spacial score (nSPS) is 12.7. The van der Waals surface area contributed by atoms with Crippen LogP contribution in [0.4, 0.5) is 0 Å². The standard InChI is InChI=1S/C13H14BrCl2N3/c1-3-19-13(9(14)7-18-19)12(17-2)8-4-5-10(15)11(16)6-8/h4-7,12,17H,3H2,1-2H3. The second kappa shape index (κ2) is 6.27. The van der Waals surface area contributed by atoms with Crippen LogP contribution in [0.2, 0.25) is 10.0 Å². The number of benzene rings is 1. The number of hydrogen-bond donors (Lipinski definition) is 1. The van der Waals surface area contributed by atoms with E-state index in [4.69, 9.17) is 23.2 Å². The van der Waals surface area contributed by atoms with Crippen LogP contribution in [-0.2, 0) is 6.54 Å². The molecule has 1 aromatic heterocycles. The minimum Gasteiger partial charge on any atom is -0.308 e.